The first-order chi connectivity index (χ1) is 10.7. The van der Waals surface area contributed by atoms with Crippen LogP contribution >= 0.6 is 11.3 Å². The Hall–Kier alpha value is -0.610. The standard InChI is InChI=1S/C18H31N3S/c1-14(2)15-5-7-16(8-6-15)19-10-9-17-13-22-18(20-17)21-11-3-4-12-21/h13-16,19H,3-12H2,1-2H3. The Labute approximate surface area is 139 Å². The highest BCUT2D eigenvalue weighted by Crippen LogP contribution is 2.30. The Morgan fingerprint density at radius 2 is 1.95 bits per heavy atom. The number of anilines is 1. The molecule has 2 aliphatic rings. The van der Waals surface area contributed by atoms with Crippen LogP contribution in [0.1, 0.15) is 58.1 Å². The van der Waals surface area contributed by atoms with Gasteiger partial charge in [0.05, 0.1) is 5.69 Å². The molecule has 3 nitrogen and oxygen atoms in total. The summed E-state index contributed by atoms with van der Waals surface area (Å²) in [4.78, 5) is 7.25. The van der Waals surface area contributed by atoms with Crippen molar-refractivity contribution in [1.29, 1.82) is 0 Å². The van der Waals surface area contributed by atoms with Crippen molar-refractivity contribution in [3.63, 3.8) is 0 Å². The Morgan fingerprint density at radius 3 is 2.64 bits per heavy atom. The Morgan fingerprint density at radius 1 is 1.23 bits per heavy atom. The van der Waals surface area contributed by atoms with Gasteiger partial charge in [0.2, 0.25) is 0 Å². The van der Waals surface area contributed by atoms with Gasteiger partial charge in [0.15, 0.2) is 5.13 Å². The summed E-state index contributed by atoms with van der Waals surface area (Å²) in [5.41, 5.74) is 1.27. The second kappa shape index (κ2) is 7.78. The minimum absolute atomic E-state index is 0.742. The lowest BCUT2D eigenvalue weighted by Gasteiger charge is -2.31. The lowest BCUT2D eigenvalue weighted by Crippen LogP contribution is -2.35. The zero-order valence-corrected chi connectivity index (χ0v) is 15.0. The molecular weight excluding hydrogens is 290 g/mol. The van der Waals surface area contributed by atoms with Gasteiger partial charge in [0.25, 0.3) is 0 Å². The molecule has 2 heterocycles. The van der Waals surface area contributed by atoms with E-state index in [1.54, 1.807) is 0 Å². The minimum Gasteiger partial charge on any atom is -0.348 e. The normalized spacial score (nSPS) is 26.0. The maximum Gasteiger partial charge on any atom is 0.185 e. The summed E-state index contributed by atoms with van der Waals surface area (Å²) in [6.45, 7) is 8.23. The van der Waals surface area contributed by atoms with E-state index >= 15 is 0 Å². The monoisotopic (exact) mass is 321 g/mol. The van der Waals surface area contributed by atoms with Crippen LogP contribution < -0.4 is 10.2 Å². The molecule has 0 atom stereocenters. The maximum absolute atomic E-state index is 4.81. The molecule has 124 valence electrons. The average Bonchev–Trinajstić information content (AvgIpc) is 3.19. The molecule has 1 saturated carbocycles. The first-order valence-electron chi connectivity index (χ1n) is 9.15. The van der Waals surface area contributed by atoms with E-state index in [1.165, 1.54) is 62.4 Å². The number of thiazole rings is 1. The molecule has 1 saturated heterocycles. The summed E-state index contributed by atoms with van der Waals surface area (Å²) in [6, 6.07) is 0.742. The average molecular weight is 322 g/mol. The summed E-state index contributed by atoms with van der Waals surface area (Å²) in [5.74, 6) is 1.82. The van der Waals surface area contributed by atoms with Crippen molar-refractivity contribution in [1.82, 2.24) is 10.3 Å². The predicted molar refractivity (Wildman–Crippen MR) is 95.9 cm³/mol. The molecule has 0 spiro atoms. The van der Waals surface area contributed by atoms with E-state index in [9.17, 15) is 0 Å². The van der Waals surface area contributed by atoms with Crippen LogP contribution in [0, 0.1) is 11.8 Å². The van der Waals surface area contributed by atoms with Gasteiger partial charge in [-0.2, -0.15) is 0 Å². The van der Waals surface area contributed by atoms with Crippen LogP contribution in [0.3, 0.4) is 0 Å². The fourth-order valence-corrected chi connectivity index (χ4v) is 4.77. The van der Waals surface area contributed by atoms with Gasteiger partial charge in [0.1, 0.15) is 0 Å². The molecule has 1 aromatic heterocycles. The number of hydrogen-bond donors (Lipinski definition) is 1. The van der Waals surface area contributed by atoms with Crippen molar-refractivity contribution >= 4 is 16.5 Å². The molecule has 1 aliphatic heterocycles. The molecule has 4 heteroatoms. The van der Waals surface area contributed by atoms with Crippen molar-refractivity contribution in [2.45, 2.75) is 64.8 Å². The zero-order chi connectivity index (χ0) is 15.4. The zero-order valence-electron chi connectivity index (χ0n) is 14.2. The molecule has 1 aromatic rings. The summed E-state index contributed by atoms with van der Waals surface area (Å²) in [5, 5.41) is 7.26. The Balaban J connectivity index is 1.37. The molecule has 0 unspecified atom stereocenters. The number of rotatable bonds is 6. The van der Waals surface area contributed by atoms with E-state index in [0.29, 0.717) is 0 Å². The molecule has 22 heavy (non-hydrogen) atoms. The quantitative estimate of drug-likeness (QED) is 0.855. The smallest absolute Gasteiger partial charge is 0.185 e. The molecule has 0 amide bonds. The first-order valence-corrected chi connectivity index (χ1v) is 10.0. The summed E-state index contributed by atoms with van der Waals surface area (Å²) in [6.07, 6.45) is 9.27. The van der Waals surface area contributed by atoms with Gasteiger partial charge in [0, 0.05) is 37.5 Å². The Bertz CT molecular complexity index is 443. The molecule has 2 fully saturated rings. The van der Waals surface area contributed by atoms with Crippen molar-refractivity contribution in [3.05, 3.63) is 11.1 Å². The fraction of sp³-hybridized carbons (Fsp3) is 0.833. The molecule has 1 N–H and O–H groups in total. The molecule has 0 bridgehead atoms. The van der Waals surface area contributed by atoms with Crippen molar-refractivity contribution < 1.29 is 0 Å². The van der Waals surface area contributed by atoms with Gasteiger partial charge >= 0.3 is 0 Å². The minimum atomic E-state index is 0.742. The van der Waals surface area contributed by atoms with Crippen LogP contribution in [-0.4, -0.2) is 30.7 Å². The van der Waals surface area contributed by atoms with Crippen LogP contribution in [0.25, 0.3) is 0 Å². The molecule has 3 rings (SSSR count). The highest BCUT2D eigenvalue weighted by atomic mass is 32.1. The molecule has 1 aliphatic carbocycles. The van der Waals surface area contributed by atoms with E-state index in [2.05, 4.69) is 29.4 Å². The van der Waals surface area contributed by atoms with E-state index in [0.717, 1.165) is 30.8 Å². The van der Waals surface area contributed by atoms with E-state index in [1.807, 2.05) is 11.3 Å². The maximum atomic E-state index is 4.81. The first kappa shape index (κ1) is 16.3. The van der Waals surface area contributed by atoms with E-state index in [-0.39, 0.29) is 0 Å². The van der Waals surface area contributed by atoms with Crippen LogP contribution in [0.2, 0.25) is 0 Å². The summed E-state index contributed by atoms with van der Waals surface area (Å²) in [7, 11) is 0. The predicted octanol–water partition coefficient (Wildman–Crippen LogP) is 4.09. The van der Waals surface area contributed by atoms with Crippen LogP contribution in [-0.2, 0) is 6.42 Å². The van der Waals surface area contributed by atoms with Crippen LogP contribution in [0.4, 0.5) is 5.13 Å². The number of aromatic nitrogens is 1. The third kappa shape index (κ3) is 4.23. The van der Waals surface area contributed by atoms with Gasteiger partial charge in [-0.3, -0.25) is 0 Å². The largest absolute Gasteiger partial charge is 0.348 e. The van der Waals surface area contributed by atoms with Crippen molar-refractivity contribution in [3.8, 4) is 0 Å². The fourth-order valence-electron chi connectivity index (χ4n) is 3.86. The van der Waals surface area contributed by atoms with Gasteiger partial charge in [-0.15, -0.1) is 11.3 Å². The lowest BCUT2D eigenvalue weighted by atomic mass is 9.80. The number of hydrogen-bond acceptors (Lipinski definition) is 4. The third-order valence-corrected chi connectivity index (χ3v) is 6.40. The summed E-state index contributed by atoms with van der Waals surface area (Å²) >= 11 is 1.82. The topological polar surface area (TPSA) is 28.2 Å². The van der Waals surface area contributed by atoms with Gasteiger partial charge in [-0.1, -0.05) is 13.8 Å². The van der Waals surface area contributed by atoms with Gasteiger partial charge < -0.3 is 10.2 Å². The van der Waals surface area contributed by atoms with E-state index in [4.69, 9.17) is 4.98 Å². The third-order valence-electron chi connectivity index (χ3n) is 5.45. The molecular formula is C18H31N3S. The van der Waals surface area contributed by atoms with Crippen LogP contribution in [0.5, 0.6) is 0 Å². The van der Waals surface area contributed by atoms with Crippen LogP contribution in [0.15, 0.2) is 5.38 Å². The number of nitrogens with one attached hydrogen (secondary N) is 1. The Kier molecular flexibility index (Phi) is 5.75. The highest BCUT2D eigenvalue weighted by Gasteiger charge is 2.22. The van der Waals surface area contributed by atoms with Crippen molar-refractivity contribution in [2.24, 2.45) is 11.8 Å². The van der Waals surface area contributed by atoms with Gasteiger partial charge in [-0.05, 0) is 50.4 Å². The molecule has 0 aromatic carbocycles. The van der Waals surface area contributed by atoms with Crippen molar-refractivity contribution in [2.75, 3.05) is 24.5 Å². The SMILES string of the molecule is CC(C)C1CCC(NCCc2csc(N3CCCC3)n2)CC1. The number of nitrogens with zero attached hydrogens (tertiary/aromatic N) is 2. The lowest BCUT2D eigenvalue weighted by molar-refractivity contribution is 0.239. The molecule has 0 radical (unpaired) electrons. The second-order valence-corrected chi connectivity index (χ2v) is 8.21. The highest BCUT2D eigenvalue weighted by molar-refractivity contribution is 7.13. The van der Waals surface area contributed by atoms with Gasteiger partial charge in [-0.25, -0.2) is 4.98 Å². The second-order valence-electron chi connectivity index (χ2n) is 7.38. The van der Waals surface area contributed by atoms with E-state index < -0.39 is 0 Å². The summed E-state index contributed by atoms with van der Waals surface area (Å²) < 4.78 is 0.